The van der Waals surface area contributed by atoms with Gasteiger partial charge >= 0.3 is 19.8 Å². The van der Waals surface area contributed by atoms with Crippen molar-refractivity contribution in [2.24, 2.45) is 0 Å². The van der Waals surface area contributed by atoms with E-state index in [9.17, 15) is 24.2 Å². The van der Waals surface area contributed by atoms with Crippen molar-refractivity contribution in [3.05, 3.63) is 0 Å². The average molecular weight is 541 g/mol. The van der Waals surface area contributed by atoms with Crippen molar-refractivity contribution in [3.8, 4) is 0 Å². The van der Waals surface area contributed by atoms with Gasteiger partial charge in [0.05, 0.1) is 19.8 Å². The first-order valence-electron chi connectivity index (χ1n) is 13.5. The summed E-state index contributed by atoms with van der Waals surface area (Å²) in [5, 5.41) is 18.0. The number of phosphoric ester groups is 1. The Bertz CT molecular complexity index is 601. The fraction of sp³-hybridized carbons (Fsp3) is 0.920. The smallest absolute Gasteiger partial charge is 0.462 e. The number of carbonyl (C=O) groups is 2. The second kappa shape index (κ2) is 23.1. The number of unbranched alkanes of at least 4 members (excludes halogenated alkanes) is 11. The minimum atomic E-state index is -4.57. The van der Waals surface area contributed by atoms with Gasteiger partial charge in [-0.1, -0.05) is 84.5 Å². The van der Waals surface area contributed by atoms with Gasteiger partial charge in [0.1, 0.15) is 12.7 Å². The van der Waals surface area contributed by atoms with E-state index in [2.05, 4.69) is 11.4 Å². The highest BCUT2D eigenvalue weighted by Gasteiger charge is 2.27. The van der Waals surface area contributed by atoms with Gasteiger partial charge in [0.2, 0.25) is 0 Å². The number of aliphatic hydroxyl groups is 2. The molecule has 0 aliphatic carbocycles. The van der Waals surface area contributed by atoms with Gasteiger partial charge in [0, 0.05) is 12.8 Å². The zero-order valence-electron chi connectivity index (χ0n) is 22.2. The minimum absolute atomic E-state index is 0.138. The van der Waals surface area contributed by atoms with Crippen LogP contribution in [-0.4, -0.2) is 65.7 Å². The van der Waals surface area contributed by atoms with Gasteiger partial charge < -0.3 is 24.6 Å². The molecule has 0 aromatic carbocycles. The van der Waals surface area contributed by atoms with E-state index in [4.69, 9.17) is 19.1 Å². The van der Waals surface area contributed by atoms with Gasteiger partial charge in [0.15, 0.2) is 6.10 Å². The molecule has 0 aromatic rings. The topological polar surface area (TPSA) is 149 Å². The lowest BCUT2D eigenvalue weighted by Gasteiger charge is -2.20. The molecule has 1 unspecified atom stereocenters. The number of hydrogen-bond acceptors (Lipinski definition) is 9. The van der Waals surface area contributed by atoms with Crippen LogP contribution < -0.4 is 0 Å². The largest absolute Gasteiger partial charge is 0.472 e. The van der Waals surface area contributed by atoms with E-state index in [-0.39, 0.29) is 19.4 Å². The molecular weight excluding hydrogens is 491 g/mol. The summed E-state index contributed by atoms with van der Waals surface area (Å²) in [4.78, 5) is 33.6. The van der Waals surface area contributed by atoms with Gasteiger partial charge in [-0.05, 0) is 12.8 Å². The Hall–Kier alpha value is -1.03. The Morgan fingerprint density at radius 3 is 1.78 bits per heavy atom. The molecule has 0 spiro atoms. The van der Waals surface area contributed by atoms with E-state index in [0.717, 1.165) is 19.3 Å². The van der Waals surface area contributed by atoms with E-state index in [1.165, 1.54) is 51.4 Å². The summed E-state index contributed by atoms with van der Waals surface area (Å²) in [5.41, 5.74) is 0. The molecule has 0 aliphatic rings. The third-order valence-electron chi connectivity index (χ3n) is 5.48. The SMILES string of the molecule is CCCCCCCCCCCCCCC(=O)OC[C@H](COP(=O)(O)OC[C@@H](O)CO)OC(=O)CCC. The van der Waals surface area contributed by atoms with Crippen molar-refractivity contribution in [2.75, 3.05) is 26.4 Å². The fourth-order valence-electron chi connectivity index (χ4n) is 3.38. The van der Waals surface area contributed by atoms with Gasteiger partial charge in [0.25, 0.3) is 0 Å². The maximum atomic E-state index is 12.1. The lowest BCUT2D eigenvalue weighted by atomic mass is 10.0. The number of carbonyl (C=O) groups excluding carboxylic acids is 2. The molecule has 10 nitrogen and oxygen atoms in total. The number of aliphatic hydroxyl groups excluding tert-OH is 2. The molecule has 0 saturated heterocycles. The summed E-state index contributed by atoms with van der Waals surface area (Å²) in [5.74, 6) is -0.986. The molecule has 0 saturated carbocycles. The number of esters is 2. The maximum Gasteiger partial charge on any atom is 0.472 e. The molecule has 0 bridgehead atoms. The van der Waals surface area contributed by atoms with E-state index < -0.39 is 51.8 Å². The van der Waals surface area contributed by atoms with Crippen LogP contribution in [0, 0.1) is 0 Å². The Kier molecular flexibility index (Phi) is 22.5. The van der Waals surface area contributed by atoms with Crippen LogP contribution in [0.2, 0.25) is 0 Å². The molecule has 0 amide bonds. The van der Waals surface area contributed by atoms with Crippen LogP contribution in [0.3, 0.4) is 0 Å². The van der Waals surface area contributed by atoms with Crippen molar-refractivity contribution < 1.29 is 47.8 Å². The fourth-order valence-corrected chi connectivity index (χ4v) is 4.17. The molecule has 0 aromatic heterocycles. The van der Waals surface area contributed by atoms with Crippen LogP contribution in [0.4, 0.5) is 0 Å². The highest BCUT2D eigenvalue weighted by molar-refractivity contribution is 7.47. The predicted octanol–water partition coefficient (Wildman–Crippen LogP) is 4.82. The monoisotopic (exact) mass is 540 g/mol. The van der Waals surface area contributed by atoms with Gasteiger partial charge in [-0.2, -0.15) is 0 Å². The zero-order valence-corrected chi connectivity index (χ0v) is 23.1. The summed E-state index contributed by atoms with van der Waals surface area (Å²) in [6, 6.07) is 0. The second-order valence-electron chi connectivity index (χ2n) is 9.08. The third kappa shape index (κ3) is 22.2. The Morgan fingerprint density at radius 2 is 1.25 bits per heavy atom. The van der Waals surface area contributed by atoms with Crippen molar-refractivity contribution >= 4 is 19.8 Å². The summed E-state index contributed by atoms with van der Waals surface area (Å²) >= 11 is 0. The summed E-state index contributed by atoms with van der Waals surface area (Å²) in [6.07, 6.45) is 12.8. The minimum Gasteiger partial charge on any atom is -0.462 e. The molecular formula is C25H49O10P. The van der Waals surface area contributed by atoms with Gasteiger partial charge in [-0.3, -0.25) is 18.6 Å². The molecule has 214 valence electrons. The zero-order chi connectivity index (χ0) is 27.1. The number of phosphoric acid groups is 1. The first kappa shape index (κ1) is 35.0. The van der Waals surface area contributed by atoms with E-state index in [1.54, 1.807) is 6.92 Å². The first-order valence-corrected chi connectivity index (χ1v) is 15.0. The van der Waals surface area contributed by atoms with Crippen LogP contribution >= 0.6 is 7.82 Å². The van der Waals surface area contributed by atoms with Gasteiger partial charge in [-0.15, -0.1) is 0 Å². The number of ether oxygens (including phenoxy) is 2. The van der Waals surface area contributed by atoms with Crippen molar-refractivity contribution in [1.29, 1.82) is 0 Å². The Balaban J connectivity index is 4.15. The van der Waals surface area contributed by atoms with Crippen molar-refractivity contribution in [1.82, 2.24) is 0 Å². The quantitative estimate of drug-likeness (QED) is 0.0836. The van der Waals surface area contributed by atoms with Crippen LogP contribution in [0.25, 0.3) is 0 Å². The Morgan fingerprint density at radius 1 is 0.722 bits per heavy atom. The summed E-state index contributed by atoms with van der Waals surface area (Å²) in [6.45, 7) is 1.91. The first-order chi connectivity index (χ1) is 17.2. The van der Waals surface area contributed by atoms with Crippen LogP contribution in [0.1, 0.15) is 110 Å². The lowest BCUT2D eigenvalue weighted by molar-refractivity contribution is -0.161. The van der Waals surface area contributed by atoms with Crippen LogP contribution in [0.15, 0.2) is 0 Å². The molecule has 3 atom stereocenters. The predicted molar refractivity (Wildman–Crippen MR) is 136 cm³/mol. The van der Waals surface area contributed by atoms with Crippen molar-refractivity contribution in [3.63, 3.8) is 0 Å². The van der Waals surface area contributed by atoms with E-state index in [1.807, 2.05) is 0 Å². The molecule has 0 rings (SSSR count). The molecule has 0 radical (unpaired) electrons. The number of hydrogen-bond donors (Lipinski definition) is 3. The average Bonchev–Trinajstić information content (AvgIpc) is 2.85. The summed E-state index contributed by atoms with van der Waals surface area (Å²) in [7, 11) is -4.57. The standard InChI is InChI=1S/C25H49O10P/c1-3-5-6-7-8-9-10-11-12-13-14-15-17-24(28)32-20-23(35-25(29)16-4-2)21-34-36(30,31)33-19-22(27)18-26/h22-23,26-27H,3-21H2,1-2H3,(H,30,31)/t22-,23+/m0/s1. The normalized spacial score (nSPS) is 14.7. The molecule has 36 heavy (non-hydrogen) atoms. The molecule has 0 aliphatic heterocycles. The Labute approximate surface area is 216 Å². The van der Waals surface area contributed by atoms with Crippen molar-refractivity contribution in [2.45, 2.75) is 122 Å². The molecule has 3 N–H and O–H groups in total. The van der Waals surface area contributed by atoms with E-state index >= 15 is 0 Å². The molecule has 0 fully saturated rings. The van der Waals surface area contributed by atoms with E-state index in [0.29, 0.717) is 12.8 Å². The highest BCUT2D eigenvalue weighted by atomic mass is 31.2. The van der Waals surface area contributed by atoms with Crippen LogP contribution in [0.5, 0.6) is 0 Å². The van der Waals surface area contributed by atoms with Gasteiger partial charge in [-0.25, -0.2) is 4.57 Å². The third-order valence-corrected chi connectivity index (χ3v) is 6.43. The molecule has 11 heteroatoms. The number of rotatable bonds is 25. The lowest BCUT2D eigenvalue weighted by Crippen LogP contribution is -2.29. The molecule has 0 heterocycles. The van der Waals surface area contributed by atoms with Crippen LogP contribution in [-0.2, 0) is 32.7 Å². The maximum absolute atomic E-state index is 12.1. The summed E-state index contributed by atoms with van der Waals surface area (Å²) < 4.78 is 31.6. The second-order valence-corrected chi connectivity index (χ2v) is 10.5. The highest BCUT2D eigenvalue weighted by Crippen LogP contribution is 2.43.